The maximum absolute atomic E-state index is 12.7. The lowest BCUT2D eigenvalue weighted by Gasteiger charge is -2.25. The Bertz CT molecular complexity index is 1020. The molecule has 0 aliphatic heterocycles. The summed E-state index contributed by atoms with van der Waals surface area (Å²) in [7, 11) is -2.08. The van der Waals surface area contributed by atoms with Crippen LogP contribution < -0.4 is 15.8 Å². The topological polar surface area (TPSA) is 131 Å². The number of nitrogens with one attached hydrogen (secondary N) is 1. The van der Waals surface area contributed by atoms with Gasteiger partial charge in [-0.15, -0.1) is 12.4 Å². The zero-order chi connectivity index (χ0) is 26.4. The van der Waals surface area contributed by atoms with Crippen LogP contribution in [0.5, 0.6) is 5.75 Å². The van der Waals surface area contributed by atoms with Crippen molar-refractivity contribution in [2.75, 3.05) is 39.1 Å². The van der Waals surface area contributed by atoms with Crippen LogP contribution in [0.25, 0.3) is 0 Å². The standard InChI is InChI=1S/C26H39N3O6S.ClH/c1-3-13-29(14-15-30)36(32,33)16-12-26(31)35-25(24(27)18-21-8-5-4-6-9-21)20-28-19-22-10-7-11-23(17-22)34-2;/h4-11,17,24-25,28,30H,3,12-16,18-20,27H2,1-2H3;1H/t24-,25+;/m0./s1. The zero-order valence-corrected chi connectivity index (χ0v) is 23.2. The fraction of sp³-hybridized carbons (Fsp3) is 0.500. The maximum atomic E-state index is 12.7. The van der Waals surface area contributed by atoms with Crippen LogP contribution >= 0.6 is 12.4 Å². The summed E-state index contributed by atoms with van der Waals surface area (Å²) in [5.41, 5.74) is 8.46. The Morgan fingerprint density at radius 3 is 2.46 bits per heavy atom. The average Bonchev–Trinajstić information content (AvgIpc) is 2.87. The minimum Gasteiger partial charge on any atom is -0.497 e. The highest BCUT2D eigenvalue weighted by Gasteiger charge is 2.26. The molecule has 0 aliphatic carbocycles. The number of halogens is 1. The molecule has 11 heteroatoms. The number of hydrogen-bond acceptors (Lipinski definition) is 8. The largest absolute Gasteiger partial charge is 0.497 e. The summed E-state index contributed by atoms with van der Waals surface area (Å²) in [5.74, 6) is -0.266. The summed E-state index contributed by atoms with van der Waals surface area (Å²) in [4.78, 5) is 12.7. The van der Waals surface area contributed by atoms with Crippen molar-refractivity contribution < 1.29 is 27.8 Å². The Kier molecular flexibility index (Phi) is 15.4. The number of sulfonamides is 1. The minimum absolute atomic E-state index is 0. The molecule has 0 heterocycles. The van der Waals surface area contributed by atoms with E-state index in [-0.39, 0.29) is 44.3 Å². The molecule has 0 radical (unpaired) electrons. The van der Waals surface area contributed by atoms with Crippen LogP contribution in [0.1, 0.15) is 30.9 Å². The van der Waals surface area contributed by atoms with Crippen molar-refractivity contribution in [2.24, 2.45) is 5.73 Å². The van der Waals surface area contributed by atoms with Crippen molar-refractivity contribution >= 4 is 28.4 Å². The highest BCUT2D eigenvalue weighted by Crippen LogP contribution is 2.13. The SMILES string of the molecule is CCCN(CCO)S(=O)(=O)CCC(=O)O[C@H](CNCc1cccc(OC)c1)[C@@H](N)Cc1ccccc1.Cl. The number of nitrogens with two attached hydrogens (primary N) is 1. The molecule has 0 bridgehead atoms. The summed E-state index contributed by atoms with van der Waals surface area (Å²) in [5, 5.41) is 12.5. The van der Waals surface area contributed by atoms with Crippen molar-refractivity contribution in [1.29, 1.82) is 0 Å². The molecule has 0 fully saturated rings. The molecule has 37 heavy (non-hydrogen) atoms. The number of esters is 1. The summed E-state index contributed by atoms with van der Waals surface area (Å²) in [6.45, 7) is 2.69. The summed E-state index contributed by atoms with van der Waals surface area (Å²) >= 11 is 0. The molecule has 0 aliphatic rings. The van der Waals surface area contributed by atoms with Gasteiger partial charge in [-0.3, -0.25) is 4.79 Å². The first-order valence-electron chi connectivity index (χ1n) is 12.2. The predicted molar refractivity (Wildman–Crippen MR) is 147 cm³/mol. The first-order valence-corrected chi connectivity index (χ1v) is 13.8. The molecule has 0 aromatic heterocycles. The molecular formula is C26H40ClN3O6S. The molecule has 2 aromatic rings. The van der Waals surface area contributed by atoms with Crippen molar-refractivity contribution in [3.8, 4) is 5.75 Å². The van der Waals surface area contributed by atoms with Crippen molar-refractivity contribution in [3.05, 3.63) is 65.7 Å². The Hall–Kier alpha value is -2.21. The molecule has 2 atom stereocenters. The number of carbonyl (C=O) groups is 1. The Labute approximate surface area is 226 Å². The fourth-order valence-electron chi connectivity index (χ4n) is 3.76. The van der Waals surface area contributed by atoms with Gasteiger partial charge in [0.2, 0.25) is 10.0 Å². The molecule has 4 N–H and O–H groups in total. The third kappa shape index (κ3) is 11.8. The van der Waals surface area contributed by atoms with Gasteiger partial charge in [0.05, 0.1) is 25.9 Å². The molecule has 9 nitrogen and oxygen atoms in total. The van der Waals surface area contributed by atoms with Crippen LogP contribution in [0.4, 0.5) is 0 Å². The Balaban J connectivity index is 0.00000684. The van der Waals surface area contributed by atoms with Gasteiger partial charge in [0.15, 0.2) is 0 Å². The first-order chi connectivity index (χ1) is 17.3. The molecule has 2 aromatic carbocycles. The van der Waals surface area contributed by atoms with Gasteiger partial charge >= 0.3 is 5.97 Å². The quantitative estimate of drug-likeness (QED) is 0.252. The second kappa shape index (κ2) is 17.3. The van der Waals surface area contributed by atoms with Crippen LogP contribution in [0, 0.1) is 0 Å². The van der Waals surface area contributed by atoms with Crippen LogP contribution in [-0.4, -0.2) is 75.0 Å². The first kappa shape index (κ1) is 32.8. The van der Waals surface area contributed by atoms with Gasteiger partial charge in [-0.1, -0.05) is 49.4 Å². The number of ether oxygens (including phenoxy) is 2. The van der Waals surface area contributed by atoms with E-state index in [1.807, 2.05) is 61.5 Å². The van der Waals surface area contributed by atoms with Crippen molar-refractivity contribution in [3.63, 3.8) is 0 Å². The van der Waals surface area contributed by atoms with Gasteiger partial charge in [-0.05, 0) is 36.1 Å². The van der Waals surface area contributed by atoms with Crippen LogP contribution in [-0.2, 0) is 32.5 Å². The zero-order valence-electron chi connectivity index (χ0n) is 21.5. The average molecular weight is 558 g/mol. The van der Waals surface area contributed by atoms with E-state index in [1.54, 1.807) is 7.11 Å². The second-order valence-electron chi connectivity index (χ2n) is 8.55. The van der Waals surface area contributed by atoms with Gasteiger partial charge in [0.1, 0.15) is 11.9 Å². The van der Waals surface area contributed by atoms with Crippen molar-refractivity contribution in [2.45, 2.75) is 44.9 Å². The monoisotopic (exact) mass is 557 g/mol. The number of rotatable bonds is 17. The van der Waals surface area contributed by atoms with Crippen LogP contribution in [0.2, 0.25) is 0 Å². The fourth-order valence-corrected chi connectivity index (χ4v) is 5.26. The number of methoxy groups -OCH3 is 1. The summed E-state index contributed by atoms with van der Waals surface area (Å²) in [6, 6.07) is 16.8. The number of aliphatic hydroxyl groups excluding tert-OH is 1. The summed E-state index contributed by atoms with van der Waals surface area (Å²) in [6.07, 6.45) is 0.158. The summed E-state index contributed by atoms with van der Waals surface area (Å²) < 4.78 is 37.4. The van der Waals surface area contributed by atoms with Crippen LogP contribution in [0.15, 0.2) is 54.6 Å². The van der Waals surface area contributed by atoms with E-state index in [4.69, 9.17) is 15.2 Å². The van der Waals surface area contributed by atoms with E-state index in [2.05, 4.69) is 5.32 Å². The highest BCUT2D eigenvalue weighted by molar-refractivity contribution is 7.89. The van der Waals surface area contributed by atoms with Gasteiger partial charge in [-0.2, -0.15) is 4.31 Å². The van der Waals surface area contributed by atoms with Crippen molar-refractivity contribution in [1.82, 2.24) is 9.62 Å². The molecule has 2 rings (SSSR count). The molecular weight excluding hydrogens is 518 g/mol. The van der Waals surface area contributed by atoms with E-state index in [1.165, 1.54) is 4.31 Å². The number of aliphatic hydroxyl groups is 1. The minimum atomic E-state index is -3.69. The third-order valence-corrected chi connectivity index (χ3v) is 7.54. The van der Waals surface area contributed by atoms with Gasteiger partial charge in [-0.25, -0.2) is 8.42 Å². The number of hydrogen-bond donors (Lipinski definition) is 3. The maximum Gasteiger partial charge on any atom is 0.307 e. The van der Waals surface area contributed by atoms with Gasteiger partial charge in [0, 0.05) is 32.2 Å². The lowest BCUT2D eigenvalue weighted by Crippen LogP contribution is -2.46. The number of benzene rings is 2. The van der Waals surface area contributed by atoms with E-state index in [0.29, 0.717) is 25.9 Å². The van der Waals surface area contributed by atoms with E-state index >= 15 is 0 Å². The Morgan fingerprint density at radius 1 is 1.11 bits per heavy atom. The van der Waals surface area contributed by atoms with Crippen LogP contribution in [0.3, 0.4) is 0 Å². The smallest absolute Gasteiger partial charge is 0.307 e. The van der Waals surface area contributed by atoms with E-state index < -0.39 is 28.1 Å². The van der Waals surface area contributed by atoms with Gasteiger partial charge < -0.3 is 25.6 Å². The molecule has 0 saturated carbocycles. The molecule has 208 valence electrons. The second-order valence-corrected chi connectivity index (χ2v) is 10.6. The number of nitrogens with zero attached hydrogens (tertiary/aromatic N) is 1. The Morgan fingerprint density at radius 2 is 1.81 bits per heavy atom. The highest BCUT2D eigenvalue weighted by atomic mass is 35.5. The predicted octanol–water partition coefficient (Wildman–Crippen LogP) is 2.11. The van der Waals surface area contributed by atoms with E-state index in [9.17, 15) is 18.3 Å². The van der Waals surface area contributed by atoms with Gasteiger partial charge in [0.25, 0.3) is 0 Å². The third-order valence-electron chi connectivity index (χ3n) is 5.66. The lowest BCUT2D eigenvalue weighted by atomic mass is 10.0. The normalized spacial score (nSPS) is 13.0. The molecule has 0 amide bonds. The molecule has 0 spiro atoms. The van der Waals surface area contributed by atoms with E-state index in [0.717, 1.165) is 16.9 Å². The molecule has 0 unspecified atom stereocenters. The number of carbonyl (C=O) groups excluding carboxylic acids is 1. The molecule has 0 saturated heterocycles. The lowest BCUT2D eigenvalue weighted by molar-refractivity contribution is -0.149.